The minimum atomic E-state index is -1.28. The van der Waals surface area contributed by atoms with Crippen LogP contribution in [-0.2, 0) is 11.2 Å². The highest BCUT2D eigenvalue weighted by Crippen LogP contribution is 2.32. The second kappa shape index (κ2) is 9.60. The molecular weight excluding hydrogens is 409 g/mol. The lowest BCUT2D eigenvalue weighted by Gasteiger charge is -2.36. The number of benzene rings is 1. The van der Waals surface area contributed by atoms with E-state index in [1.165, 1.54) is 6.07 Å². The molecule has 0 saturated heterocycles. The van der Waals surface area contributed by atoms with Crippen LogP contribution in [0, 0.1) is 5.92 Å². The monoisotopic (exact) mass is 437 g/mol. The number of para-hydroxylation sites is 1. The van der Waals surface area contributed by atoms with E-state index in [0.717, 1.165) is 31.4 Å². The van der Waals surface area contributed by atoms with Crippen molar-refractivity contribution in [3.05, 3.63) is 53.9 Å². The van der Waals surface area contributed by atoms with Crippen molar-refractivity contribution in [3.63, 3.8) is 0 Å². The molecule has 0 radical (unpaired) electrons. The van der Waals surface area contributed by atoms with Crippen LogP contribution in [0.1, 0.15) is 48.0 Å². The smallest absolute Gasteiger partial charge is 0.534 e. The average Bonchev–Trinajstić information content (AvgIpc) is 2.79. The maximum Gasteiger partial charge on any atom is 0.547 e. The van der Waals surface area contributed by atoms with Gasteiger partial charge < -0.3 is 25.0 Å². The highest BCUT2D eigenvalue weighted by atomic mass is 16.5. The molecule has 3 N–H and O–H groups in total. The molecule has 1 aliphatic heterocycles. The van der Waals surface area contributed by atoms with Crippen molar-refractivity contribution in [1.29, 1.82) is 0 Å². The molecule has 1 aromatic heterocycles. The van der Waals surface area contributed by atoms with Gasteiger partial charge >= 0.3 is 13.1 Å². The fourth-order valence-corrected chi connectivity index (χ4v) is 4.75. The zero-order valence-corrected chi connectivity index (χ0v) is 18.1. The summed E-state index contributed by atoms with van der Waals surface area (Å²) < 4.78 is 5.46. The number of anilines is 1. The summed E-state index contributed by atoms with van der Waals surface area (Å²) in [6, 6.07) is 9.27. The van der Waals surface area contributed by atoms with E-state index < -0.39 is 19.0 Å². The fourth-order valence-electron chi connectivity index (χ4n) is 4.75. The van der Waals surface area contributed by atoms with Crippen molar-refractivity contribution in [1.82, 2.24) is 10.3 Å². The molecule has 1 amide bonds. The Morgan fingerprint density at radius 3 is 2.69 bits per heavy atom. The van der Waals surface area contributed by atoms with Crippen LogP contribution >= 0.6 is 0 Å². The maximum absolute atomic E-state index is 12.7. The Labute approximate surface area is 187 Å². The predicted molar refractivity (Wildman–Crippen MR) is 121 cm³/mol. The Bertz CT molecular complexity index is 965. The third kappa shape index (κ3) is 4.88. The topological polar surface area (TPSA) is 112 Å². The Balaban J connectivity index is 1.28. The van der Waals surface area contributed by atoms with Crippen molar-refractivity contribution < 1.29 is 24.4 Å². The number of nitrogens with one attached hydrogen (secondary N) is 1. The average molecular weight is 437 g/mol. The maximum atomic E-state index is 12.7. The van der Waals surface area contributed by atoms with E-state index in [4.69, 9.17) is 4.65 Å². The Morgan fingerprint density at radius 1 is 1.22 bits per heavy atom. The molecule has 0 unspecified atom stereocenters. The Kier molecular flexibility index (Phi) is 6.65. The van der Waals surface area contributed by atoms with Gasteiger partial charge in [0.15, 0.2) is 0 Å². The SMILES string of the molecule is CN(c1cccnc1)C1CCC(CC(=O)N[C@H]2Cc3cccc(C(=O)O)c3OB2O)CC1. The van der Waals surface area contributed by atoms with Gasteiger partial charge in [0.2, 0.25) is 5.91 Å². The molecule has 8 nitrogen and oxygen atoms in total. The third-order valence-corrected chi connectivity index (χ3v) is 6.59. The predicted octanol–water partition coefficient (Wildman–Crippen LogP) is 2.30. The van der Waals surface area contributed by atoms with Gasteiger partial charge in [-0.1, -0.05) is 12.1 Å². The molecule has 2 aliphatic rings. The largest absolute Gasteiger partial charge is 0.547 e. The Morgan fingerprint density at radius 2 is 2.00 bits per heavy atom. The molecule has 2 heterocycles. The van der Waals surface area contributed by atoms with E-state index in [2.05, 4.69) is 28.3 Å². The molecule has 1 aliphatic carbocycles. The molecule has 2 aromatic rings. The molecule has 1 fully saturated rings. The number of carboxylic acids is 1. The summed E-state index contributed by atoms with van der Waals surface area (Å²) in [5, 5.41) is 22.5. The zero-order valence-electron chi connectivity index (χ0n) is 18.1. The van der Waals surface area contributed by atoms with Gasteiger partial charge in [-0.05, 0) is 61.8 Å². The number of aromatic nitrogens is 1. The van der Waals surface area contributed by atoms with Crippen LogP contribution in [0.25, 0.3) is 0 Å². The Hall–Kier alpha value is -3.07. The summed E-state index contributed by atoms with van der Waals surface area (Å²) in [4.78, 5) is 30.5. The lowest BCUT2D eigenvalue weighted by molar-refractivity contribution is -0.122. The molecule has 9 heteroatoms. The molecule has 168 valence electrons. The first-order valence-corrected chi connectivity index (χ1v) is 11.0. The molecular formula is C23H28BN3O5. The van der Waals surface area contributed by atoms with Crippen LogP contribution in [0.2, 0.25) is 0 Å². The fraction of sp³-hybridized carbons (Fsp3) is 0.435. The number of carbonyl (C=O) groups excluding carboxylic acids is 1. The highest BCUT2D eigenvalue weighted by Gasteiger charge is 2.38. The van der Waals surface area contributed by atoms with Gasteiger partial charge in [0.05, 0.1) is 23.4 Å². The number of pyridine rings is 1. The third-order valence-electron chi connectivity index (χ3n) is 6.59. The number of rotatable bonds is 6. The minimum Gasteiger partial charge on any atom is -0.534 e. The first-order valence-electron chi connectivity index (χ1n) is 11.0. The van der Waals surface area contributed by atoms with E-state index in [9.17, 15) is 19.7 Å². The molecule has 0 spiro atoms. The number of aromatic carboxylic acids is 1. The van der Waals surface area contributed by atoms with E-state index in [0.29, 0.717) is 30.4 Å². The summed E-state index contributed by atoms with van der Waals surface area (Å²) in [5.74, 6) is -1.34. The minimum absolute atomic E-state index is 0.0133. The summed E-state index contributed by atoms with van der Waals surface area (Å²) in [6.07, 6.45) is 8.35. The van der Waals surface area contributed by atoms with Gasteiger partial charge in [-0.25, -0.2) is 4.79 Å². The lowest BCUT2D eigenvalue weighted by atomic mass is 9.72. The highest BCUT2D eigenvalue weighted by molar-refractivity contribution is 6.47. The van der Waals surface area contributed by atoms with Crippen molar-refractivity contribution in [3.8, 4) is 5.75 Å². The standard InChI is InChI=1S/C23H28BN3O5/c1-27(18-5-3-11-25-14-18)17-9-7-15(8-10-17)12-21(28)26-20-13-16-4-2-6-19(23(29)30)22(16)32-24(20)31/h2-6,11,14-15,17,20,31H,7-10,12-13H2,1H3,(H,26,28)(H,29,30)/t15?,17?,20-/m0/s1. The van der Waals surface area contributed by atoms with Crippen LogP contribution in [0.5, 0.6) is 5.75 Å². The van der Waals surface area contributed by atoms with Crippen molar-refractivity contribution in [2.24, 2.45) is 5.92 Å². The molecule has 32 heavy (non-hydrogen) atoms. The van der Waals surface area contributed by atoms with Crippen LogP contribution in [-0.4, -0.2) is 53.1 Å². The summed E-state index contributed by atoms with van der Waals surface area (Å²) in [6.45, 7) is 0. The number of amides is 1. The van der Waals surface area contributed by atoms with Gasteiger partial charge in [0.1, 0.15) is 5.75 Å². The molecule has 1 atom stereocenters. The summed E-state index contributed by atoms with van der Waals surface area (Å²) in [7, 11) is 0.808. The van der Waals surface area contributed by atoms with Crippen molar-refractivity contribution in [2.75, 3.05) is 11.9 Å². The normalized spacial score (nSPS) is 22.4. The number of fused-ring (bicyclic) bond motifs is 1. The van der Waals surface area contributed by atoms with Crippen LogP contribution < -0.4 is 14.9 Å². The van der Waals surface area contributed by atoms with Gasteiger partial charge in [0, 0.05) is 25.7 Å². The number of carboxylic acid groups (broad SMARTS) is 1. The molecule has 0 bridgehead atoms. The van der Waals surface area contributed by atoms with Crippen LogP contribution in [0.15, 0.2) is 42.7 Å². The summed E-state index contributed by atoms with van der Waals surface area (Å²) in [5.41, 5.74) is 1.78. The number of hydrogen-bond acceptors (Lipinski definition) is 6. The first kappa shape index (κ1) is 22.1. The second-order valence-corrected chi connectivity index (χ2v) is 8.69. The number of nitrogens with zero attached hydrogens (tertiary/aromatic N) is 2. The van der Waals surface area contributed by atoms with Gasteiger partial charge in [-0.3, -0.25) is 9.78 Å². The summed E-state index contributed by atoms with van der Waals surface area (Å²) >= 11 is 0. The van der Waals surface area contributed by atoms with Crippen molar-refractivity contribution in [2.45, 2.75) is 50.5 Å². The van der Waals surface area contributed by atoms with Crippen LogP contribution in [0.3, 0.4) is 0 Å². The zero-order chi connectivity index (χ0) is 22.7. The van der Waals surface area contributed by atoms with Gasteiger partial charge in [-0.2, -0.15) is 0 Å². The first-order chi connectivity index (χ1) is 15.4. The number of hydrogen-bond donors (Lipinski definition) is 3. The lowest BCUT2D eigenvalue weighted by Crippen LogP contribution is -2.53. The van der Waals surface area contributed by atoms with Gasteiger partial charge in [0.25, 0.3) is 0 Å². The van der Waals surface area contributed by atoms with Crippen LogP contribution in [0.4, 0.5) is 5.69 Å². The van der Waals surface area contributed by atoms with E-state index in [1.54, 1.807) is 18.3 Å². The van der Waals surface area contributed by atoms with E-state index in [1.807, 2.05) is 12.3 Å². The molecule has 1 saturated carbocycles. The van der Waals surface area contributed by atoms with Crippen molar-refractivity contribution >= 4 is 24.7 Å². The quantitative estimate of drug-likeness (QED) is 0.595. The van der Waals surface area contributed by atoms with Gasteiger partial charge in [-0.15, -0.1) is 0 Å². The molecule has 4 rings (SSSR count). The number of carbonyl (C=O) groups is 2. The van der Waals surface area contributed by atoms with E-state index >= 15 is 0 Å². The second-order valence-electron chi connectivity index (χ2n) is 8.69. The van der Waals surface area contributed by atoms with E-state index in [-0.39, 0.29) is 17.2 Å². The molecule has 1 aromatic carbocycles.